The Labute approximate surface area is 166 Å². The molecule has 4 rings (SSSR count). The van der Waals surface area contributed by atoms with Crippen LogP contribution in [0.5, 0.6) is 0 Å². The predicted molar refractivity (Wildman–Crippen MR) is 100 cm³/mol. The van der Waals surface area contributed by atoms with Crippen LogP contribution < -0.4 is 15.1 Å². The van der Waals surface area contributed by atoms with E-state index >= 15 is 0 Å². The number of benzene rings is 1. The molecule has 1 aromatic carbocycles. The van der Waals surface area contributed by atoms with Crippen molar-refractivity contribution in [2.24, 2.45) is 0 Å². The van der Waals surface area contributed by atoms with Crippen molar-refractivity contribution in [3.05, 3.63) is 41.5 Å². The minimum atomic E-state index is -0.569. The van der Waals surface area contributed by atoms with Gasteiger partial charge in [0.25, 0.3) is 0 Å². The second-order valence-electron chi connectivity index (χ2n) is 7.00. The highest BCUT2D eigenvalue weighted by Gasteiger charge is 2.33. The Hall–Kier alpha value is -3.61. The van der Waals surface area contributed by atoms with Gasteiger partial charge in [0.15, 0.2) is 0 Å². The van der Waals surface area contributed by atoms with Crippen molar-refractivity contribution in [2.45, 2.75) is 32.7 Å². The second kappa shape index (κ2) is 7.43. The predicted octanol–water partition coefficient (Wildman–Crippen LogP) is 1.53. The highest BCUT2D eigenvalue weighted by molar-refractivity contribution is 5.90. The largest absolute Gasteiger partial charge is 0.442 e. The van der Waals surface area contributed by atoms with E-state index in [1.165, 1.54) is 17.9 Å². The van der Waals surface area contributed by atoms with Gasteiger partial charge in [0.2, 0.25) is 5.91 Å². The lowest BCUT2D eigenvalue weighted by molar-refractivity contribution is -0.119. The Morgan fingerprint density at radius 3 is 2.97 bits per heavy atom. The number of aromatic nitrogens is 2. The van der Waals surface area contributed by atoms with Gasteiger partial charge in [-0.3, -0.25) is 14.4 Å². The van der Waals surface area contributed by atoms with Crippen LogP contribution >= 0.6 is 0 Å². The first kappa shape index (κ1) is 18.7. The molecule has 2 aliphatic heterocycles. The minimum Gasteiger partial charge on any atom is -0.442 e. The number of rotatable bonds is 5. The molecule has 1 atom stereocenters. The summed E-state index contributed by atoms with van der Waals surface area (Å²) in [5.41, 5.74) is 2.61. The number of amides is 2. The summed E-state index contributed by atoms with van der Waals surface area (Å²) in [6.45, 7) is 2.98. The number of nitrogens with zero attached hydrogens (tertiary/aromatic N) is 5. The highest BCUT2D eigenvalue weighted by Crippen LogP contribution is 2.32. The normalized spacial score (nSPS) is 17.8. The number of nitriles is 1. The van der Waals surface area contributed by atoms with Gasteiger partial charge in [-0.2, -0.15) is 10.4 Å². The molecular weight excluding hydrogens is 379 g/mol. The fourth-order valence-electron chi connectivity index (χ4n) is 3.55. The molecule has 0 spiro atoms. The van der Waals surface area contributed by atoms with E-state index in [1.807, 2.05) is 11.0 Å². The SMILES string of the molecule is CC(=O)NCC1CN(c2ccc(N3Cc4cn(CC#N)nc4C3)c(F)c2)C(=O)O1. The molecule has 3 heterocycles. The Morgan fingerprint density at radius 1 is 1.45 bits per heavy atom. The Bertz CT molecular complexity index is 990. The maximum absolute atomic E-state index is 14.8. The van der Waals surface area contributed by atoms with Crippen LogP contribution in [0, 0.1) is 17.1 Å². The zero-order chi connectivity index (χ0) is 20.5. The van der Waals surface area contributed by atoms with Crippen molar-refractivity contribution in [3.63, 3.8) is 0 Å². The molecular formula is C19H19FN6O3. The van der Waals surface area contributed by atoms with Gasteiger partial charge >= 0.3 is 6.09 Å². The van der Waals surface area contributed by atoms with E-state index in [2.05, 4.69) is 10.4 Å². The minimum absolute atomic E-state index is 0.185. The lowest BCUT2D eigenvalue weighted by Crippen LogP contribution is -2.33. The van der Waals surface area contributed by atoms with Crippen LogP contribution in [0.25, 0.3) is 0 Å². The lowest BCUT2D eigenvalue weighted by atomic mass is 10.2. The van der Waals surface area contributed by atoms with Crippen molar-refractivity contribution in [1.82, 2.24) is 15.1 Å². The van der Waals surface area contributed by atoms with Crippen LogP contribution in [0.1, 0.15) is 18.2 Å². The van der Waals surface area contributed by atoms with Crippen molar-refractivity contribution in [3.8, 4) is 6.07 Å². The molecule has 2 aromatic rings. The molecule has 150 valence electrons. The lowest BCUT2D eigenvalue weighted by Gasteiger charge is -2.20. The van der Waals surface area contributed by atoms with Crippen LogP contribution in [0.2, 0.25) is 0 Å². The average Bonchev–Trinajstić information content (AvgIpc) is 3.33. The molecule has 29 heavy (non-hydrogen) atoms. The van der Waals surface area contributed by atoms with Crippen LogP contribution in [0.3, 0.4) is 0 Å². The van der Waals surface area contributed by atoms with E-state index in [9.17, 15) is 14.0 Å². The van der Waals surface area contributed by atoms with Gasteiger partial charge in [-0.1, -0.05) is 0 Å². The van der Waals surface area contributed by atoms with E-state index in [4.69, 9.17) is 10.00 Å². The molecule has 0 aliphatic carbocycles. The van der Waals surface area contributed by atoms with Crippen molar-refractivity contribution in [1.29, 1.82) is 5.26 Å². The molecule has 10 heteroatoms. The maximum Gasteiger partial charge on any atom is 0.414 e. The van der Waals surface area contributed by atoms with Crippen LogP contribution in [0.4, 0.5) is 20.6 Å². The molecule has 1 saturated heterocycles. The topological polar surface area (TPSA) is 103 Å². The number of hydrogen-bond acceptors (Lipinski definition) is 6. The van der Waals surface area contributed by atoms with Gasteiger partial charge < -0.3 is 15.0 Å². The monoisotopic (exact) mass is 398 g/mol. The Balaban J connectivity index is 1.45. The quantitative estimate of drug-likeness (QED) is 0.819. The summed E-state index contributed by atoms with van der Waals surface area (Å²) >= 11 is 0. The summed E-state index contributed by atoms with van der Waals surface area (Å²) < 4.78 is 21.6. The summed E-state index contributed by atoms with van der Waals surface area (Å²) in [7, 11) is 0. The molecule has 2 aliphatic rings. The Morgan fingerprint density at radius 2 is 2.28 bits per heavy atom. The van der Waals surface area contributed by atoms with Gasteiger partial charge in [-0.05, 0) is 18.2 Å². The van der Waals surface area contributed by atoms with Gasteiger partial charge in [-0.15, -0.1) is 0 Å². The molecule has 2 amide bonds. The van der Waals surface area contributed by atoms with Crippen LogP contribution in [0.15, 0.2) is 24.4 Å². The van der Waals surface area contributed by atoms with Crippen molar-refractivity contribution < 1.29 is 18.7 Å². The number of carbonyl (C=O) groups is 2. The van der Waals surface area contributed by atoms with E-state index in [0.29, 0.717) is 24.5 Å². The summed E-state index contributed by atoms with van der Waals surface area (Å²) in [6, 6.07) is 6.66. The number of cyclic esters (lactones) is 1. The van der Waals surface area contributed by atoms with Crippen LogP contribution in [-0.4, -0.2) is 41.0 Å². The first-order valence-corrected chi connectivity index (χ1v) is 9.14. The number of anilines is 2. The third-order valence-electron chi connectivity index (χ3n) is 4.90. The molecule has 0 radical (unpaired) electrons. The number of nitrogens with one attached hydrogen (secondary N) is 1. The van der Waals surface area contributed by atoms with Gasteiger partial charge in [0.05, 0.1) is 42.8 Å². The zero-order valence-electron chi connectivity index (χ0n) is 15.8. The molecule has 1 N–H and O–H groups in total. The molecule has 0 bridgehead atoms. The van der Waals surface area contributed by atoms with Gasteiger partial charge in [0.1, 0.15) is 18.5 Å². The molecule has 1 unspecified atom stereocenters. The first-order chi connectivity index (χ1) is 13.9. The van der Waals surface area contributed by atoms with E-state index < -0.39 is 18.0 Å². The molecule has 0 saturated carbocycles. The Kier molecular flexibility index (Phi) is 4.80. The molecule has 1 fully saturated rings. The zero-order valence-corrected chi connectivity index (χ0v) is 15.8. The van der Waals surface area contributed by atoms with Crippen molar-refractivity contribution >= 4 is 23.4 Å². The van der Waals surface area contributed by atoms with E-state index in [0.717, 1.165) is 11.3 Å². The van der Waals surface area contributed by atoms with Gasteiger partial charge in [-0.25, -0.2) is 9.18 Å². The van der Waals surface area contributed by atoms with Crippen LogP contribution in [-0.2, 0) is 29.2 Å². The number of ether oxygens (including phenoxy) is 1. The smallest absolute Gasteiger partial charge is 0.414 e. The average molecular weight is 398 g/mol. The number of carbonyl (C=O) groups excluding carboxylic acids is 2. The summed E-state index contributed by atoms with van der Waals surface area (Å²) in [5.74, 6) is -0.656. The van der Waals surface area contributed by atoms with E-state index in [-0.39, 0.29) is 25.5 Å². The second-order valence-corrected chi connectivity index (χ2v) is 7.00. The maximum atomic E-state index is 14.8. The third kappa shape index (κ3) is 3.71. The molecule has 1 aromatic heterocycles. The first-order valence-electron chi connectivity index (χ1n) is 9.14. The van der Waals surface area contributed by atoms with Crippen molar-refractivity contribution in [2.75, 3.05) is 22.9 Å². The standard InChI is InChI=1S/C19H19FN6O3/c1-12(27)22-7-15-10-26(19(28)29-15)14-2-3-18(16(20)6-14)24-8-13-9-25(5-4-21)23-17(13)11-24/h2-3,6,9,15H,5,7-8,10-11H2,1H3,(H,22,27). The fourth-order valence-corrected chi connectivity index (χ4v) is 3.55. The molecule has 9 nitrogen and oxygen atoms in total. The number of halogens is 1. The fraction of sp³-hybridized carbons (Fsp3) is 0.368. The summed E-state index contributed by atoms with van der Waals surface area (Å²) in [6.07, 6.45) is 0.758. The highest BCUT2D eigenvalue weighted by atomic mass is 19.1. The number of hydrogen-bond donors (Lipinski definition) is 1. The third-order valence-corrected chi connectivity index (χ3v) is 4.90. The van der Waals surface area contributed by atoms with E-state index in [1.54, 1.807) is 23.0 Å². The van der Waals surface area contributed by atoms with Gasteiger partial charge in [0, 0.05) is 25.2 Å². The summed E-state index contributed by atoms with van der Waals surface area (Å²) in [4.78, 5) is 26.3. The summed E-state index contributed by atoms with van der Waals surface area (Å²) in [5, 5.41) is 15.7. The number of fused-ring (bicyclic) bond motifs is 1.